The van der Waals surface area contributed by atoms with Gasteiger partial charge in [-0.05, 0) is 72.1 Å². The summed E-state index contributed by atoms with van der Waals surface area (Å²) >= 11 is 5.92. The molecule has 0 spiro atoms. The molecule has 0 radical (unpaired) electrons. The number of H-pyrrole nitrogens is 1. The SMILES string of the molecule is NC1(c2nn[nH]n2)COc2cccc(C(=O)c3ccc(OCCCc4ccc(Cl)cc4)cc3)c2O1. The second kappa shape index (κ2) is 9.73. The number of halogens is 1. The first-order chi connectivity index (χ1) is 17.0. The van der Waals surface area contributed by atoms with Gasteiger partial charge in [-0.15, -0.1) is 10.2 Å². The molecular formula is C25H22ClN5O4. The largest absolute Gasteiger partial charge is 0.494 e. The molecule has 5 rings (SSSR count). The number of hydrogen-bond donors (Lipinski definition) is 2. The van der Waals surface area contributed by atoms with Gasteiger partial charge in [-0.2, -0.15) is 5.21 Å². The van der Waals surface area contributed by atoms with Gasteiger partial charge >= 0.3 is 0 Å². The number of hydrogen-bond acceptors (Lipinski definition) is 8. The van der Waals surface area contributed by atoms with Crippen LogP contribution >= 0.6 is 11.6 Å². The zero-order valence-corrected chi connectivity index (χ0v) is 19.4. The van der Waals surface area contributed by atoms with Crippen molar-refractivity contribution < 1.29 is 19.0 Å². The summed E-state index contributed by atoms with van der Waals surface area (Å²) in [7, 11) is 0. The topological polar surface area (TPSA) is 125 Å². The summed E-state index contributed by atoms with van der Waals surface area (Å²) in [5, 5.41) is 14.4. The lowest BCUT2D eigenvalue weighted by Gasteiger charge is -2.33. The van der Waals surface area contributed by atoms with Crippen molar-refractivity contribution in [1.82, 2.24) is 20.6 Å². The Kier molecular flexibility index (Phi) is 6.35. The first kappa shape index (κ1) is 22.8. The number of ketones is 1. The number of aromatic nitrogens is 4. The van der Waals surface area contributed by atoms with E-state index < -0.39 is 5.72 Å². The summed E-state index contributed by atoms with van der Waals surface area (Å²) in [6.07, 6.45) is 1.75. The molecule has 35 heavy (non-hydrogen) atoms. The fourth-order valence-corrected chi connectivity index (χ4v) is 3.86. The molecule has 0 fully saturated rings. The fraction of sp³-hybridized carbons (Fsp3) is 0.200. The Morgan fingerprint density at radius 2 is 1.91 bits per heavy atom. The van der Waals surface area contributed by atoms with Crippen LogP contribution in [0.1, 0.15) is 33.7 Å². The minimum atomic E-state index is -1.47. The molecule has 4 aromatic rings. The summed E-state index contributed by atoms with van der Waals surface area (Å²) in [6.45, 7) is 0.531. The van der Waals surface area contributed by atoms with Crippen LogP contribution in [0.5, 0.6) is 17.2 Å². The predicted molar refractivity (Wildman–Crippen MR) is 128 cm³/mol. The highest BCUT2D eigenvalue weighted by Gasteiger charge is 2.41. The van der Waals surface area contributed by atoms with Crippen molar-refractivity contribution >= 4 is 17.4 Å². The van der Waals surface area contributed by atoms with Gasteiger partial charge in [0.1, 0.15) is 12.4 Å². The number of nitrogens with one attached hydrogen (secondary N) is 1. The Balaban J connectivity index is 1.24. The van der Waals surface area contributed by atoms with E-state index in [1.165, 1.54) is 5.56 Å². The minimum Gasteiger partial charge on any atom is -0.494 e. The van der Waals surface area contributed by atoms with Crippen LogP contribution in [0.15, 0.2) is 66.7 Å². The molecule has 0 bridgehead atoms. The van der Waals surface area contributed by atoms with Crippen molar-refractivity contribution in [3.63, 3.8) is 0 Å². The predicted octanol–water partition coefficient (Wildman–Crippen LogP) is 3.68. The number of tetrazole rings is 1. The Morgan fingerprint density at radius 1 is 1.11 bits per heavy atom. The van der Waals surface area contributed by atoms with Crippen molar-refractivity contribution in [2.24, 2.45) is 5.73 Å². The molecule has 9 nitrogen and oxygen atoms in total. The number of benzene rings is 3. The lowest BCUT2D eigenvalue weighted by Crippen LogP contribution is -2.51. The van der Waals surface area contributed by atoms with Gasteiger partial charge in [0.05, 0.1) is 12.2 Å². The van der Waals surface area contributed by atoms with Crippen LogP contribution < -0.4 is 19.9 Å². The van der Waals surface area contributed by atoms with Gasteiger partial charge in [-0.1, -0.05) is 29.8 Å². The maximum absolute atomic E-state index is 13.3. The van der Waals surface area contributed by atoms with E-state index in [0.717, 1.165) is 17.9 Å². The second-order valence-corrected chi connectivity index (χ2v) is 8.52. The molecule has 1 aromatic heterocycles. The summed E-state index contributed by atoms with van der Waals surface area (Å²) in [5.41, 5.74) is 6.83. The lowest BCUT2D eigenvalue weighted by atomic mass is 10.0. The van der Waals surface area contributed by atoms with Gasteiger partial charge in [0.15, 0.2) is 17.3 Å². The molecule has 2 heterocycles. The van der Waals surface area contributed by atoms with E-state index >= 15 is 0 Å². The van der Waals surface area contributed by atoms with Crippen molar-refractivity contribution in [3.05, 3.63) is 94.3 Å². The van der Waals surface area contributed by atoms with Crippen LogP contribution in [0.2, 0.25) is 5.02 Å². The van der Waals surface area contributed by atoms with Crippen LogP contribution in [0.4, 0.5) is 0 Å². The average molecular weight is 492 g/mol. The van der Waals surface area contributed by atoms with Crippen molar-refractivity contribution in [2.45, 2.75) is 18.6 Å². The van der Waals surface area contributed by atoms with E-state index in [9.17, 15) is 4.79 Å². The van der Waals surface area contributed by atoms with E-state index in [4.69, 9.17) is 31.5 Å². The molecule has 10 heteroatoms. The number of nitrogens with zero attached hydrogens (tertiary/aromatic N) is 3. The smallest absolute Gasteiger partial charge is 0.257 e. The molecule has 1 unspecified atom stereocenters. The van der Waals surface area contributed by atoms with Crippen molar-refractivity contribution in [1.29, 1.82) is 0 Å². The van der Waals surface area contributed by atoms with Crippen LogP contribution in [0.3, 0.4) is 0 Å². The first-order valence-electron chi connectivity index (χ1n) is 11.0. The summed E-state index contributed by atoms with van der Waals surface area (Å²) in [4.78, 5) is 13.3. The van der Waals surface area contributed by atoms with Gasteiger partial charge in [-0.25, -0.2) is 0 Å². The van der Waals surface area contributed by atoms with Crippen LogP contribution in [-0.4, -0.2) is 39.6 Å². The van der Waals surface area contributed by atoms with E-state index in [0.29, 0.717) is 29.2 Å². The number of carbonyl (C=O) groups is 1. The maximum atomic E-state index is 13.3. The van der Waals surface area contributed by atoms with Gasteiger partial charge in [0.25, 0.3) is 5.72 Å². The van der Waals surface area contributed by atoms with Crippen LogP contribution in [-0.2, 0) is 12.1 Å². The molecular weight excluding hydrogens is 470 g/mol. The van der Waals surface area contributed by atoms with Gasteiger partial charge in [-0.3, -0.25) is 10.5 Å². The Hall–Kier alpha value is -3.95. The summed E-state index contributed by atoms with van der Waals surface area (Å²) in [5.74, 6) is 1.23. The highest BCUT2D eigenvalue weighted by molar-refractivity contribution is 6.30. The summed E-state index contributed by atoms with van der Waals surface area (Å²) in [6, 6.07) is 19.9. The molecule has 1 aliphatic heterocycles. The average Bonchev–Trinajstić information content (AvgIpc) is 3.44. The molecule has 0 saturated heterocycles. The van der Waals surface area contributed by atoms with Crippen molar-refractivity contribution in [3.8, 4) is 17.2 Å². The Morgan fingerprint density at radius 3 is 2.66 bits per heavy atom. The number of aromatic amines is 1. The number of nitrogens with two attached hydrogens (primary N) is 1. The highest BCUT2D eigenvalue weighted by atomic mass is 35.5. The third kappa shape index (κ3) is 4.96. The number of rotatable bonds is 8. The zero-order chi connectivity index (χ0) is 24.3. The maximum Gasteiger partial charge on any atom is 0.257 e. The quantitative estimate of drug-likeness (QED) is 0.282. The molecule has 0 aliphatic carbocycles. The number of ether oxygens (including phenoxy) is 3. The molecule has 1 atom stereocenters. The van der Waals surface area contributed by atoms with Gasteiger partial charge < -0.3 is 14.2 Å². The minimum absolute atomic E-state index is 0.0266. The standard InChI is InChI=1S/C25H22ClN5O4/c26-18-10-6-16(7-11-18)3-2-14-33-19-12-8-17(9-13-19)22(32)20-4-1-5-21-23(20)35-25(27,15-34-21)24-28-30-31-29-24/h1,4-13H,2-3,14-15,27H2,(H,28,29,30,31). The van der Waals surface area contributed by atoms with E-state index in [2.05, 4.69) is 20.6 Å². The van der Waals surface area contributed by atoms with E-state index in [1.54, 1.807) is 42.5 Å². The summed E-state index contributed by atoms with van der Waals surface area (Å²) < 4.78 is 17.6. The van der Waals surface area contributed by atoms with E-state index in [1.807, 2.05) is 24.3 Å². The molecule has 178 valence electrons. The number of para-hydroxylation sites is 1. The third-order valence-electron chi connectivity index (χ3n) is 5.58. The first-order valence-corrected chi connectivity index (χ1v) is 11.4. The van der Waals surface area contributed by atoms with Gasteiger partial charge in [0.2, 0.25) is 5.82 Å². The molecule has 1 aliphatic rings. The Labute approximate surface area is 206 Å². The number of aryl methyl sites for hydroxylation is 1. The van der Waals surface area contributed by atoms with Gasteiger partial charge in [0, 0.05) is 10.6 Å². The second-order valence-electron chi connectivity index (χ2n) is 8.08. The van der Waals surface area contributed by atoms with Crippen molar-refractivity contribution in [2.75, 3.05) is 13.2 Å². The Bertz CT molecular complexity index is 1310. The third-order valence-corrected chi connectivity index (χ3v) is 5.83. The molecule has 0 saturated carbocycles. The molecule has 3 N–H and O–H groups in total. The molecule has 3 aromatic carbocycles. The van der Waals surface area contributed by atoms with Crippen LogP contribution in [0, 0.1) is 0 Å². The molecule has 0 amide bonds. The van der Waals surface area contributed by atoms with Crippen LogP contribution in [0.25, 0.3) is 0 Å². The highest BCUT2D eigenvalue weighted by Crippen LogP contribution is 2.40. The normalized spacial score (nSPS) is 16.6. The van der Waals surface area contributed by atoms with E-state index in [-0.39, 0.29) is 24.0 Å². The fourth-order valence-electron chi connectivity index (χ4n) is 3.74. The number of fused-ring (bicyclic) bond motifs is 1. The monoisotopic (exact) mass is 491 g/mol. The number of carbonyl (C=O) groups excluding carboxylic acids is 1. The lowest BCUT2D eigenvalue weighted by molar-refractivity contribution is -0.0154. The zero-order valence-electron chi connectivity index (χ0n) is 18.6.